The van der Waals surface area contributed by atoms with E-state index in [1.807, 2.05) is 35.2 Å². The maximum Gasteiger partial charge on any atom is 0.233 e. The van der Waals surface area contributed by atoms with Gasteiger partial charge in [-0.25, -0.2) is 0 Å². The van der Waals surface area contributed by atoms with E-state index >= 15 is 0 Å². The van der Waals surface area contributed by atoms with Crippen LogP contribution in [0, 0.1) is 6.92 Å². The van der Waals surface area contributed by atoms with Gasteiger partial charge in [0.1, 0.15) is 0 Å². The van der Waals surface area contributed by atoms with Gasteiger partial charge in [0.05, 0.1) is 5.75 Å². The fourth-order valence-electron chi connectivity index (χ4n) is 3.40. The third-order valence-electron chi connectivity index (χ3n) is 5.38. The van der Waals surface area contributed by atoms with Crippen molar-refractivity contribution in [3.05, 3.63) is 65.7 Å². The largest absolute Gasteiger partial charge is 0.335 e. The Balaban J connectivity index is 1.75. The summed E-state index contributed by atoms with van der Waals surface area (Å²) < 4.78 is 2.09. The minimum absolute atomic E-state index is 0.126. The van der Waals surface area contributed by atoms with Gasteiger partial charge >= 0.3 is 0 Å². The smallest absolute Gasteiger partial charge is 0.233 e. The molecular weight excluding hydrogens is 392 g/mol. The van der Waals surface area contributed by atoms with Crippen molar-refractivity contribution in [3.8, 4) is 11.4 Å². The third-order valence-corrected chi connectivity index (χ3v) is 6.33. The normalized spacial score (nSPS) is 12.0. The second kappa shape index (κ2) is 10.4. The second-order valence-corrected chi connectivity index (χ2v) is 8.36. The van der Waals surface area contributed by atoms with Crippen LogP contribution in [-0.4, -0.2) is 37.4 Å². The minimum atomic E-state index is 0.126. The van der Waals surface area contributed by atoms with Crippen LogP contribution in [0.5, 0.6) is 0 Å². The number of aryl methyl sites for hydroxylation is 1. The third kappa shape index (κ3) is 5.11. The molecule has 2 aromatic carbocycles. The number of carbonyl (C=O) groups excluding carboxylic acids is 1. The van der Waals surface area contributed by atoms with Crippen molar-refractivity contribution < 1.29 is 4.79 Å². The molecular formula is C24H30N4OS. The lowest BCUT2D eigenvalue weighted by Crippen LogP contribution is -2.39. The summed E-state index contributed by atoms with van der Waals surface area (Å²) in [7, 11) is 0. The quantitative estimate of drug-likeness (QED) is 0.445. The van der Waals surface area contributed by atoms with Crippen molar-refractivity contribution in [1.29, 1.82) is 0 Å². The molecule has 0 aliphatic heterocycles. The summed E-state index contributed by atoms with van der Waals surface area (Å²) in [5.41, 5.74) is 3.39. The van der Waals surface area contributed by atoms with E-state index in [0.29, 0.717) is 12.3 Å². The molecule has 1 atom stereocenters. The molecule has 0 aliphatic carbocycles. The summed E-state index contributed by atoms with van der Waals surface area (Å²) in [4.78, 5) is 15.1. The van der Waals surface area contributed by atoms with Crippen molar-refractivity contribution in [1.82, 2.24) is 19.7 Å². The van der Waals surface area contributed by atoms with Crippen molar-refractivity contribution in [2.24, 2.45) is 0 Å². The SMILES string of the molecule is CCC(C)N(Cc1ccccc1)C(=O)CSc1nnc(-c2ccccc2C)n1CC. The number of benzene rings is 2. The lowest BCUT2D eigenvalue weighted by atomic mass is 10.1. The van der Waals surface area contributed by atoms with Crippen LogP contribution in [0.2, 0.25) is 0 Å². The summed E-state index contributed by atoms with van der Waals surface area (Å²) >= 11 is 1.47. The van der Waals surface area contributed by atoms with E-state index in [2.05, 4.69) is 66.7 Å². The zero-order valence-electron chi connectivity index (χ0n) is 18.2. The molecule has 3 aromatic rings. The first-order chi connectivity index (χ1) is 14.5. The Labute approximate surface area is 183 Å². The van der Waals surface area contributed by atoms with Crippen LogP contribution in [0.25, 0.3) is 11.4 Å². The van der Waals surface area contributed by atoms with E-state index in [1.54, 1.807) is 0 Å². The topological polar surface area (TPSA) is 51.0 Å². The van der Waals surface area contributed by atoms with E-state index in [0.717, 1.165) is 40.6 Å². The number of thioether (sulfide) groups is 1. The van der Waals surface area contributed by atoms with E-state index < -0.39 is 0 Å². The van der Waals surface area contributed by atoms with E-state index in [9.17, 15) is 4.79 Å². The number of aromatic nitrogens is 3. The number of carbonyl (C=O) groups is 1. The van der Waals surface area contributed by atoms with Crippen LogP contribution >= 0.6 is 11.8 Å². The molecule has 30 heavy (non-hydrogen) atoms. The van der Waals surface area contributed by atoms with Gasteiger partial charge in [0.25, 0.3) is 0 Å². The van der Waals surface area contributed by atoms with Crippen LogP contribution < -0.4 is 0 Å². The van der Waals surface area contributed by atoms with Crippen molar-refractivity contribution in [2.45, 2.75) is 58.4 Å². The summed E-state index contributed by atoms with van der Waals surface area (Å²) in [5, 5.41) is 9.60. The van der Waals surface area contributed by atoms with Crippen molar-refractivity contribution in [3.63, 3.8) is 0 Å². The first kappa shape index (κ1) is 22.1. The predicted octanol–water partition coefficient (Wildman–Crippen LogP) is 5.19. The zero-order chi connectivity index (χ0) is 21.5. The van der Waals surface area contributed by atoms with Crippen molar-refractivity contribution in [2.75, 3.05) is 5.75 Å². The molecule has 0 N–H and O–H groups in total. The summed E-state index contributed by atoms with van der Waals surface area (Å²) in [6.45, 7) is 9.77. The summed E-state index contributed by atoms with van der Waals surface area (Å²) in [6.07, 6.45) is 0.922. The average Bonchev–Trinajstić information content (AvgIpc) is 3.19. The number of hydrogen-bond donors (Lipinski definition) is 0. The molecule has 1 heterocycles. The average molecular weight is 423 g/mol. The van der Waals surface area contributed by atoms with Crippen LogP contribution in [-0.2, 0) is 17.9 Å². The van der Waals surface area contributed by atoms with E-state index in [4.69, 9.17) is 0 Å². The molecule has 0 radical (unpaired) electrons. The Hall–Kier alpha value is -2.60. The highest BCUT2D eigenvalue weighted by Gasteiger charge is 2.21. The van der Waals surface area contributed by atoms with Gasteiger partial charge in [0.15, 0.2) is 11.0 Å². The molecule has 158 valence electrons. The molecule has 0 spiro atoms. The molecule has 0 aliphatic rings. The molecule has 1 aromatic heterocycles. The van der Waals surface area contributed by atoms with E-state index in [1.165, 1.54) is 11.8 Å². The monoisotopic (exact) mass is 422 g/mol. The predicted molar refractivity (Wildman–Crippen MR) is 123 cm³/mol. The van der Waals surface area contributed by atoms with Gasteiger partial charge in [0, 0.05) is 24.7 Å². The maximum absolute atomic E-state index is 13.1. The Bertz CT molecular complexity index is 970. The Kier molecular flexibility index (Phi) is 7.69. The molecule has 6 heteroatoms. The Morgan fingerprint density at radius 2 is 1.77 bits per heavy atom. The number of amides is 1. The van der Waals surface area contributed by atoms with Gasteiger partial charge in [-0.3, -0.25) is 4.79 Å². The first-order valence-corrected chi connectivity index (χ1v) is 11.5. The summed E-state index contributed by atoms with van der Waals surface area (Å²) in [6, 6.07) is 18.5. The Morgan fingerprint density at radius 1 is 1.07 bits per heavy atom. The summed E-state index contributed by atoms with van der Waals surface area (Å²) in [5.74, 6) is 1.33. The second-order valence-electron chi connectivity index (χ2n) is 7.42. The van der Waals surface area contributed by atoms with Gasteiger partial charge < -0.3 is 9.47 Å². The van der Waals surface area contributed by atoms with Crippen LogP contribution in [0.15, 0.2) is 59.8 Å². The molecule has 0 fully saturated rings. The highest BCUT2D eigenvalue weighted by Crippen LogP contribution is 2.26. The first-order valence-electron chi connectivity index (χ1n) is 10.5. The van der Waals surface area contributed by atoms with Gasteiger partial charge in [-0.1, -0.05) is 73.3 Å². The van der Waals surface area contributed by atoms with Gasteiger partial charge in [-0.2, -0.15) is 0 Å². The lowest BCUT2D eigenvalue weighted by Gasteiger charge is -2.28. The molecule has 0 saturated heterocycles. The number of rotatable bonds is 9. The standard InChI is InChI=1S/C24H30N4OS/c1-5-19(4)28(16-20-13-8-7-9-14-20)22(29)17-30-24-26-25-23(27(24)6-2)21-15-11-10-12-18(21)3/h7-15,19H,5-6,16-17H2,1-4H3. The number of hydrogen-bond acceptors (Lipinski definition) is 4. The minimum Gasteiger partial charge on any atom is -0.335 e. The highest BCUT2D eigenvalue weighted by atomic mass is 32.2. The van der Waals surface area contributed by atoms with Crippen LogP contribution in [0.3, 0.4) is 0 Å². The fraction of sp³-hybridized carbons (Fsp3) is 0.375. The van der Waals surface area contributed by atoms with Crippen molar-refractivity contribution >= 4 is 17.7 Å². The molecule has 3 rings (SSSR count). The molecule has 0 bridgehead atoms. The molecule has 1 unspecified atom stereocenters. The maximum atomic E-state index is 13.1. The zero-order valence-corrected chi connectivity index (χ0v) is 19.0. The van der Waals surface area contributed by atoms with E-state index in [-0.39, 0.29) is 11.9 Å². The van der Waals surface area contributed by atoms with Gasteiger partial charge in [0.2, 0.25) is 5.91 Å². The van der Waals surface area contributed by atoms with Crippen LogP contribution in [0.1, 0.15) is 38.3 Å². The van der Waals surface area contributed by atoms with Gasteiger partial charge in [-0.05, 0) is 38.3 Å². The Morgan fingerprint density at radius 3 is 2.43 bits per heavy atom. The molecule has 5 nitrogen and oxygen atoms in total. The lowest BCUT2D eigenvalue weighted by molar-refractivity contribution is -0.131. The highest BCUT2D eigenvalue weighted by molar-refractivity contribution is 7.99. The van der Waals surface area contributed by atoms with Crippen LogP contribution in [0.4, 0.5) is 0 Å². The fourth-order valence-corrected chi connectivity index (χ4v) is 4.29. The van der Waals surface area contributed by atoms with Gasteiger partial charge in [-0.15, -0.1) is 10.2 Å². The molecule has 1 amide bonds. The number of nitrogens with zero attached hydrogens (tertiary/aromatic N) is 4. The molecule has 0 saturated carbocycles.